The Labute approximate surface area is 162 Å². The second-order valence-electron chi connectivity index (χ2n) is 5.69. The number of carbonyl (C=O) groups is 1. The molecule has 0 saturated carbocycles. The molecule has 3 nitrogen and oxygen atoms in total. The van der Waals surface area contributed by atoms with Crippen LogP contribution in [0.15, 0.2) is 72.8 Å². The van der Waals surface area contributed by atoms with E-state index in [4.69, 9.17) is 27.9 Å². The van der Waals surface area contributed by atoms with Crippen molar-refractivity contribution in [3.63, 3.8) is 0 Å². The summed E-state index contributed by atoms with van der Waals surface area (Å²) in [5, 5.41) is 3.68. The zero-order valence-electron chi connectivity index (χ0n) is 13.9. The van der Waals surface area contributed by atoms with Crippen molar-refractivity contribution >= 4 is 34.8 Å². The average molecular weight is 386 g/mol. The van der Waals surface area contributed by atoms with E-state index in [-0.39, 0.29) is 5.91 Å². The maximum Gasteiger partial charge on any atom is 0.255 e. The summed E-state index contributed by atoms with van der Waals surface area (Å²) in [6, 6.07) is 22.1. The molecular formula is C21H17Cl2NO2. The van der Waals surface area contributed by atoms with Crippen LogP contribution in [0.2, 0.25) is 10.0 Å². The molecule has 0 unspecified atom stereocenters. The fraction of sp³-hybridized carbons (Fsp3) is 0.0952. The van der Waals surface area contributed by atoms with Gasteiger partial charge in [0.05, 0.1) is 17.3 Å². The van der Waals surface area contributed by atoms with Gasteiger partial charge in [0.2, 0.25) is 0 Å². The molecule has 3 rings (SSSR count). The maximum atomic E-state index is 12.3. The lowest BCUT2D eigenvalue weighted by Gasteiger charge is -2.09. The van der Waals surface area contributed by atoms with Gasteiger partial charge >= 0.3 is 0 Å². The van der Waals surface area contributed by atoms with E-state index in [9.17, 15) is 4.79 Å². The van der Waals surface area contributed by atoms with E-state index in [1.807, 2.05) is 18.2 Å². The third kappa shape index (κ3) is 5.01. The van der Waals surface area contributed by atoms with Crippen LogP contribution in [0, 0.1) is 0 Å². The largest absolute Gasteiger partial charge is 0.493 e. The summed E-state index contributed by atoms with van der Waals surface area (Å²) in [5.74, 6) is 0.479. The van der Waals surface area contributed by atoms with E-state index >= 15 is 0 Å². The quantitative estimate of drug-likeness (QED) is 0.576. The summed E-state index contributed by atoms with van der Waals surface area (Å²) >= 11 is 11.9. The summed E-state index contributed by atoms with van der Waals surface area (Å²) in [7, 11) is 0. The number of halogens is 2. The maximum absolute atomic E-state index is 12.3. The lowest BCUT2D eigenvalue weighted by Crippen LogP contribution is -2.12. The van der Waals surface area contributed by atoms with Crippen molar-refractivity contribution in [2.75, 3.05) is 11.9 Å². The van der Waals surface area contributed by atoms with Crippen molar-refractivity contribution in [2.45, 2.75) is 6.42 Å². The van der Waals surface area contributed by atoms with E-state index in [0.29, 0.717) is 27.9 Å². The zero-order chi connectivity index (χ0) is 18.4. The Morgan fingerprint density at radius 3 is 2.35 bits per heavy atom. The monoisotopic (exact) mass is 385 g/mol. The van der Waals surface area contributed by atoms with E-state index in [2.05, 4.69) is 17.4 Å². The molecule has 0 aliphatic carbocycles. The summed E-state index contributed by atoms with van der Waals surface area (Å²) < 4.78 is 5.73. The van der Waals surface area contributed by atoms with Gasteiger partial charge in [-0.25, -0.2) is 0 Å². The number of benzene rings is 3. The normalized spacial score (nSPS) is 10.4. The Bertz CT molecular complexity index is 880. The van der Waals surface area contributed by atoms with E-state index in [0.717, 1.165) is 12.2 Å². The van der Waals surface area contributed by atoms with Crippen LogP contribution in [0.1, 0.15) is 15.9 Å². The lowest BCUT2D eigenvalue weighted by atomic mass is 10.2. The van der Waals surface area contributed by atoms with Gasteiger partial charge in [-0.3, -0.25) is 4.79 Å². The third-order valence-electron chi connectivity index (χ3n) is 3.80. The molecule has 0 fully saturated rings. The van der Waals surface area contributed by atoms with Crippen LogP contribution in [0.5, 0.6) is 5.75 Å². The van der Waals surface area contributed by atoms with Crippen molar-refractivity contribution in [1.82, 2.24) is 0 Å². The first-order valence-electron chi connectivity index (χ1n) is 8.15. The van der Waals surface area contributed by atoms with Crippen LogP contribution in [0.25, 0.3) is 0 Å². The number of nitrogens with one attached hydrogen (secondary N) is 1. The SMILES string of the molecule is O=C(Nc1ccc(Cl)cc1Cl)c1ccc(OCCc2ccccc2)cc1. The molecule has 0 saturated heterocycles. The minimum absolute atomic E-state index is 0.245. The Morgan fingerprint density at radius 2 is 1.65 bits per heavy atom. The molecule has 1 N–H and O–H groups in total. The molecule has 3 aromatic carbocycles. The van der Waals surface area contributed by atoms with Gasteiger partial charge in [0.15, 0.2) is 0 Å². The first-order valence-corrected chi connectivity index (χ1v) is 8.90. The molecule has 0 radical (unpaired) electrons. The first-order chi connectivity index (χ1) is 12.6. The van der Waals surface area contributed by atoms with E-state index in [1.54, 1.807) is 42.5 Å². The zero-order valence-corrected chi connectivity index (χ0v) is 15.4. The predicted molar refractivity (Wildman–Crippen MR) is 106 cm³/mol. The minimum Gasteiger partial charge on any atom is -0.493 e. The van der Waals surface area contributed by atoms with Gasteiger partial charge in [0.25, 0.3) is 5.91 Å². The van der Waals surface area contributed by atoms with Crippen LogP contribution >= 0.6 is 23.2 Å². The highest BCUT2D eigenvalue weighted by Gasteiger charge is 2.09. The highest BCUT2D eigenvalue weighted by Crippen LogP contribution is 2.26. The number of anilines is 1. The fourth-order valence-corrected chi connectivity index (χ4v) is 2.88. The van der Waals surface area contributed by atoms with E-state index in [1.165, 1.54) is 5.56 Å². The van der Waals surface area contributed by atoms with Crippen LogP contribution in [-0.2, 0) is 6.42 Å². The minimum atomic E-state index is -0.245. The molecule has 0 aliphatic rings. The predicted octanol–water partition coefficient (Wildman–Crippen LogP) is 5.87. The highest BCUT2D eigenvalue weighted by molar-refractivity contribution is 6.36. The molecule has 0 bridgehead atoms. The van der Waals surface area contributed by atoms with Crippen molar-refractivity contribution < 1.29 is 9.53 Å². The van der Waals surface area contributed by atoms with Gasteiger partial charge in [0, 0.05) is 17.0 Å². The second kappa shape index (κ2) is 8.75. The van der Waals surface area contributed by atoms with Crippen LogP contribution in [-0.4, -0.2) is 12.5 Å². The fourth-order valence-electron chi connectivity index (χ4n) is 2.42. The summed E-state index contributed by atoms with van der Waals surface area (Å²) in [4.78, 5) is 12.3. The van der Waals surface area contributed by atoms with Crippen molar-refractivity contribution in [1.29, 1.82) is 0 Å². The van der Waals surface area contributed by atoms with Crippen LogP contribution in [0.3, 0.4) is 0 Å². The summed E-state index contributed by atoms with van der Waals surface area (Å²) in [6.07, 6.45) is 0.831. The molecule has 5 heteroatoms. The molecule has 132 valence electrons. The Morgan fingerprint density at radius 1 is 0.923 bits per heavy atom. The molecular weight excluding hydrogens is 369 g/mol. The molecule has 0 heterocycles. The highest BCUT2D eigenvalue weighted by atomic mass is 35.5. The van der Waals surface area contributed by atoms with Crippen LogP contribution in [0.4, 0.5) is 5.69 Å². The summed E-state index contributed by atoms with van der Waals surface area (Å²) in [6.45, 7) is 0.579. The summed E-state index contributed by atoms with van der Waals surface area (Å²) in [5.41, 5.74) is 2.26. The number of rotatable bonds is 6. The number of ether oxygens (including phenoxy) is 1. The second-order valence-corrected chi connectivity index (χ2v) is 6.53. The number of amides is 1. The molecule has 26 heavy (non-hydrogen) atoms. The van der Waals surface area contributed by atoms with Crippen molar-refractivity contribution in [2.24, 2.45) is 0 Å². The Kier molecular flexibility index (Phi) is 6.16. The molecule has 3 aromatic rings. The smallest absolute Gasteiger partial charge is 0.255 e. The third-order valence-corrected chi connectivity index (χ3v) is 4.35. The standard InChI is InChI=1S/C21H17Cl2NO2/c22-17-8-11-20(19(23)14-17)24-21(25)16-6-9-18(10-7-16)26-13-12-15-4-2-1-3-5-15/h1-11,14H,12-13H2,(H,24,25). The molecule has 1 amide bonds. The molecule has 0 spiro atoms. The van der Waals surface area contributed by atoms with Gasteiger partial charge in [-0.2, -0.15) is 0 Å². The topological polar surface area (TPSA) is 38.3 Å². The van der Waals surface area contributed by atoms with Gasteiger partial charge in [-0.1, -0.05) is 53.5 Å². The molecule has 0 aliphatic heterocycles. The molecule has 0 aromatic heterocycles. The van der Waals surface area contributed by atoms with Gasteiger partial charge in [0.1, 0.15) is 5.75 Å². The number of carbonyl (C=O) groups excluding carboxylic acids is 1. The van der Waals surface area contributed by atoms with Crippen molar-refractivity contribution in [3.05, 3.63) is 94.0 Å². The molecule has 0 atom stereocenters. The van der Waals surface area contributed by atoms with E-state index < -0.39 is 0 Å². The Balaban J connectivity index is 1.55. The van der Waals surface area contributed by atoms with Gasteiger partial charge in [-0.15, -0.1) is 0 Å². The Hall–Kier alpha value is -2.49. The number of hydrogen-bond donors (Lipinski definition) is 1. The first kappa shape index (κ1) is 18.3. The number of hydrogen-bond acceptors (Lipinski definition) is 2. The van der Waals surface area contributed by atoms with Crippen LogP contribution < -0.4 is 10.1 Å². The average Bonchev–Trinajstić information content (AvgIpc) is 2.65. The van der Waals surface area contributed by atoms with Crippen molar-refractivity contribution in [3.8, 4) is 5.75 Å². The van der Waals surface area contributed by atoms with Gasteiger partial charge < -0.3 is 10.1 Å². The lowest BCUT2D eigenvalue weighted by molar-refractivity contribution is 0.102. The van der Waals surface area contributed by atoms with Gasteiger partial charge in [-0.05, 0) is 48.0 Å².